The van der Waals surface area contributed by atoms with Crippen molar-refractivity contribution < 1.29 is 4.74 Å². The van der Waals surface area contributed by atoms with Gasteiger partial charge in [-0.25, -0.2) is 0 Å². The highest BCUT2D eigenvalue weighted by Gasteiger charge is 2.07. The molecule has 0 aromatic heterocycles. The molecule has 2 aromatic carbocycles. The zero-order valence-electron chi connectivity index (χ0n) is 11.3. The standard InChI is InChI=1S/C16H17BrClNO/c1-2-9-19-11-12-5-3-4-6-15(12)20-16-8-7-13(17)10-14(16)18/h3-8,10,19H,2,9,11H2,1H3. The lowest BCUT2D eigenvalue weighted by Gasteiger charge is -2.12. The molecule has 0 bridgehead atoms. The third kappa shape index (κ3) is 4.23. The molecule has 0 fully saturated rings. The summed E-state index contributed by atoms with van der Waals surface area (Å²) < 4.78 is 6.87. The van der Waals surface area contributed by atoms with Crippen LogP contribution in [0.1, 0.15) is 18.9 Å². The first-order valence-electron chi connectivity index (χ1n) is 6.62. The van der Waals surface area contributed by atoms with Crippen LogP contribution in [-0.4, -0.2) is 6.54 Å². The molecule has 20 heavy (non-hydrogen) atoms. The van der Waals surface area contributed by atoms with Crippen molar-refractivity contribution in [2.24, 2.45) is 0 Å². The average molecular weight is 355 g/mol. The highest BCUT2D eigenvalue weighted by molar-refractivity contribution is 9.10. The van der Waals surface area contributed by atoms with E-state index in [4.69, 9.17) is 16.3 Å². The normalized spacial score (nSPS) is 10.6. The Labute approximate surface area is 133 Å². The van der Waals surface area contributed by atoms with Crippen LogP contribution in [0.4, 0.5) is 0 Å². The smallest absolute Gasteiger partial charge is 0.146 e. The molecule has 0 radical (unpaired) electrons. The molecule has 1 N–H and O–H groups in total. The van der Waals surface area contributed by atoms with Crippen molar-refractivity contribution in [1.82, 2.24) is 5.32 Å². The first-order chi connectivity index (χ1) is 9.70. The second kappa shape index (κ2) is 7.67. The van der Waals surface area contributed by atoms with Crippen LogP contribution in [0.15, 0.2) is 46.9 Å². The third-order valence-electron chi connectivity index (χ3n) is 2.83. The number of ether oxygens (including phenoxy) is 1. The fraction of sp³-hybridized carbons (Fsp3) is 0.250. The van der Waals surface area contributed by atoms with Crippen molar-refractivity contribution in [3.05, 3.63) is 57.5 Å². The van der Waals surface area contributed by atoms with E-state index in [1.54, 1.807) is 0 Å². The largest absolute Gasteiger partial charge is 0.455 e. The number of nitrogens with one attached hydrogen (secondary N) is 1. The lowest BCUT2D eigenvalue weighted by molar-refractivity contribution is 0.473. The summed E-state index contributed by atoms with van der Waals surface area (Å²) in [5.41, 5.74) is 1.12. The van der Waals surface area contributed by atoms with Gasteiger partial charge in [0.2, 0.25) is 0 Å². The van der Waals surface area contributed by atoms with Crippen molar-refractivity contribution in [1.29, 1.82) is 0 Å². The second-order valence-corrected chi connectivity index (χ2v) is 5.78. The Morgan fingerprint density at radius 2 is 1.95 bits per heavy atom. The third-order valence-corrected chi connectivity index (χ3v) is 3.62. The summed E-state index contributed by atoms with van der Waals surface area (Å²) in [6.07, 6.45) is 1.11. The molecule has 0 heterocycles. The van der Waals surface area contributed by atoms with E-state index in [-0.39, 0.29) is 0 Å². The van der Waals surface area contributed by atoms with Gasteiger partial charge in [-0.1, -0.05) is 52.7 Å². The van der Waals surface area contributed by atoms with Crippen molar-refractivity contribution in [2.45, 2.75) is 19.9 Å². The first kappa shape index (κ1) is 15.4. The van der Waals surface area contributed by atoms with Crippen LogP contribution in [0.3, 0.4) is 0 Å². The lowest BCUT2D eigenvalue weighted by atomic mass is 10.2. The SMILES string of the molecule is CCCNCc1ccccc1Oc1ccc(Br)cc1Cl. The van der Waals surface area contributed by atoms with Crippen LogP contribution in [0.5, 0.6) is 11.5 Å². The van der Waals surface area contributed by atoms with E-state index in [9.17, 15) is 0 Å². The van der Waals surface area contributed by atoms with Gasteiger partial charge in [-0.15, -0.1) is 0 Å². The van der Waals surface area contributed by atoms with Gasteiger partial charge in [0.15, 0.2) is 0 Å². The van der Waals surface area contributed by atoms with E-state index < -0.39 is 0 Å². The Balaban J connectivity index is 2.16. The highest BCUT2D eigenvalue weighted by Crippen LogP contribution is 2.33. The summed E-state index contributed by atoms with van der Waals surface area (Å²) in [4.78, 5) is 0. The molecule has 0 amide bonds. The molecule has 2 nitrogen and oxygen atoms in total. The van der Waals surface area contributed by atoms with Crippen LogP contribution in [0.2, 0.25) is 5.02 Å². The zero-order valence-corrected chi connectivity index (χ0v) is 13.7. The minimum absolute atomic E-state index is 0.593. The Morgan fingerprint density at radius 3 is 2.70 bits per heavy atom. The minimum atomic E-state index is 0.593. The first-order valence-corrected chi connectivity index (χ1v) is 7.79. The molecule has 2 aromatic rings. The minimum Gasteiger partial charge on any atom is -0.455 e. The molecule has 0 unspecified atom stereocenters. The van der Waals surface area contributed by atoms with Gasteiger partial charge in [0.25, 0.3) is 0 Å². The molecule has 0 aliphatic carbocycles. The summed E-state index contributed by atoms with van der Waals surface area (Å²) in [7, 11) is 0. The molecule has 0 atom stereocenters. The summed E-state index contributed by atoms with van der Waals surface area (Å²) in [5, 5.41) is 3.97. The number of rotatable bonds is 6. The summed E-state index contributed by atoms with van der Waals surface area (Å²) >= 11 is 9.58. The van der Waals surface area contributed by atoms with Crippen LogP contribution < -0.4 is 10.1 Å². The van der Waals surface area contributed by atoms with E-state index in [1.165, 1.54) is 0 Å². The Hall–Kier alpha value is -1.03. The Bertz CT molecular complexity index is 574. The molecule has 0 saturated heterocycles. The van der Waals surface area contributed by atoms with Crippen molar-refractivity contribution in [3.63, 3.8) is 0 Å². The van der Waals surface area contributed by atoms with Gasteiger partial charge in [-0.3, -0.25) is 0 Å². The number of benzene rings is 2. The predicted octanol–water partition coefficient (Wildman–Crippen LogP) is 5.39. The quantitative estimate of drug-likeness (QED) is 0.702. The Kier molecular flexibility index (Phi) is 5.89. The van der Waals surface area contributed by atoms with Gasteiger partial charge in [0.1, 0.15) is 11.5 Å². The fourth-order valence-electron chi connectivity index (χ4n) is 1.83. The maximum Gasteiger partial charge on any atom is 0.146 e. The topological polar surface area (TPSA) is 21.3 Å². The Morgan fingerprint density at radius 1 is 1.15 bits per heavy atom. The number of para-hydroxylation sites is 1. The van der Waals surface area contributed by atoms with E-state index >= 15 is 0 Å². The highest BCUT2D eigenvalue weighted by atomic mass is 79.9. The molecule has 0 aliphatic rings. The molecule has 4 heteroatoms. The second-order valence-electron chi connectivity index (χ2n) is 4.46. The number of hydrogen-bond acceptors (Lipinski definition) is 2. The molecule has 2 rings (SSSR count). The van der Waals surface area contributed by atoms with Gasteiger partial charge < -0.3 is 10.1 Å². The van der Waals surface area contributed by atoms with Gasteiger partial charge in [-0.2, -0.15) is 0 Å². The zero-order chi connectivity index (χ0) is 14.4. The summed E-state index contributed by atoms with van der Waals surface area (Å²) in [5.74, 6) is 1.50. The average Bonchev–Trinajstić information content (AvgIpc) is 2.44. The van der Waals surface area contributed by atoms with Crippen molar-refractivity contribution in [3.8, 4) is 11.5 Å². The number of hydrogen-bond donors (Lipinski definition) is 1. The monoisotopic (exact) mass is 353 g/mol. The summed E-state index contributed by atoms with van der Waals surface area (Å²) in [6, 6.07) is 13.6. The van der Waals surface area contributed by atoms with E-state index in [0.717, 1.165) is 35.3 Å². The van der Waals surface area contributed by atoms with E-state index in [0.29, 0.717) is 10.8 Å². The molecule has 0 saturated carbocycles. The van der Waals surface area contributed by atoms with Gasteiger partial charge >= 0.3 is 0 Å². The van der Waals surface area contributed by atoms with Crippen molar-refractivity contribution in [2.75, 3.05) is 6.54 Å². The molecule has 0 aliphatic heterocycles. The van der Waals surface area contributed by atoms with Gasteiger partial charge in [0.05, 0.1) is 5.02 Å². The van der Waals surface area contributed by atoms with Crippen LogP contribution in [0.25, 0.3) is 0 Å². The van der Waals surface area contributed by atoms with Crippen LogP contribution in [-0.2, 0) is 6.54 Å². The maximum absolute atomic E-state index is 6.19. The van der Waals surface area contributed by atoms with Crippen molar-refractivity contribution >= 4 is 27.5 Å². The maximum atomic E-state index is 6.19. The fourth-order valence-corrected chi connectivity index (χ4v) is 2.54. The van der Waals surface area contributed by atoms with Gasteiger partial charge in [-0.05, 0) is 37.2 Å². The lowest BCUT2D eigenvalue weighted by Crippen LogP contribution is -2.14. The molecule has 106 valence electrons. The van der Waals surface area contributed by atoms with E-state index in [2.05, 4.69) is 34.2 Å². The van der Waals surface area contributed by atoms with E-state index in [1.807, 2.05) is 36.4 Å². The number of halogens is 2. The van der Waals surface area contributed by atoms with Crippen LogP contribution >= 0.6 is 27.5 Å². The molecular formula is C16H17BrClNO. The van der Waals surface area contributed by atoms with Crippen LogP contribution in [0, 0.1) is 0 Å². The summed E-state index contributed by atoms with van der Waals surface area (Å²) in [6.45, 7) is 3.93. The molecule has 0 spiro atoms. The molecular weight excluding hydrogens is 338 g/mol. The predicted molar refractivity (Wildman–Crippen MR) is 87.7 cm³/mol. The van der Waals surface area contributed by atoms with Gasteiger partial charge in [0, 0.05) is 16.6 Å².